The minimum absolute atomic E-state index is 0.541. The Balaban J connectivity index is 2.06. The topological polar surface area (TPSA) is 21.1 Å². The van der Waals surface area contributed by atoms with E-state index in [1.807, 2.05) is 0 Å². The van der Waals surface area contributed by atoms with Crippen LogP contribution in [-0.2, 0) is 0 Å². The second-order valence-electron chi connectivity index (χ2n) is 4.25. The highest BCUT2D eigenvalue weighted by atomic mass is 15.4. The summed E-state index contributed by atoms with van der Waals surface area (Å²) in [6.07, 6.45) is 2.10. The van der Waals surface area contributed by atoms with Crippen LogP contribution in [0.3, 0.4) is 0 Å². The van der Waals surface area contributed by atoms with E-state index in [0.717, 1.165) is 13.1 Å². The van der Waals surface area contributed by atoms with Crippen LogP contribution in [0.15, 0.2) is 12.3 Å². The largest absolute Gasteiger partial charge is 0.302 e. The smallest absolute Gasteiger partial charge is 0.0772 e. The molecule has 0 aliphatic carbocycles. The maximum atomic E-state index is 4.56. The van der Waals surface area contributed by atoms with Crippen LogP contribution < -0.4 is 0 Å². The lowest BCUT2D eigenvalue weighted by atomic mass is 10.1. The van der Waals surface area contributed by atoms with Gasteiger partial charge in [0.05, 0.1) is 11.7 Å². The molecule has 0 amide bonds. The third-order valence-corrected chi connectivity index (χ3v) is 2.64. The summed E-state index contributed by atoms with van der Waals surface area (Å²) in [6.45, 7) is 6.64. The van der Waals surface area contributed by atoms with Crippen LogP contribution in [0.1, 0.15) is 31.5 Å². The first-order chi connectivity index (χ1) is 6.16. The van der Waals surface area contributed by atoms with Crippen molar-refractivity contribution in [1.82, 2.24) is 14.7 Å². The Labute approximate surface area is 79.3 Å². The maximum Gasteiger partial charge on any atom is 0.0772 e. The molecule has 0 atom stereocenters. The fourth-order valence-electron chi connectivity index (χ4n) is 1.70. The van der Waals surface area contributed by atoms with Gasteiger partial charge in [0.2, 0.25) is 0 Å². The van der Waals surface area contributed by atoms with Crippen LogP contribution >= 0.6 is 0 Å². The van der Waals surface area contributed by atoms with Crippen molar-refractivity contribution < 1.29 is 0 Å². The molecule has 2 rings (SSSR count). The molecule has 3 nitrogen and oxygen atoms in total. The Morgan fingerprint density at radius 1 is 1.46 bits per heavy atom. The highest BCUT2D eigenvalue weighted by Gasteiger charge is 2.25. The number of likely N-dealkylation sites (N-methyl/N-ethyl adjacent to an activating group) is 1. The predicted molar refractivity (Wildman–Crippen MR) is 52.9 cm³/mol. The summed E-state index contributed by atoms with van der Waals surface area (Å²) in [7, 11) is 2.14. The molecule has 1 aromatic rings. The van der Waals surface area contributed by atoms with Crippen molar-refractivity contribution >= 4 is 0 Å². The van der Waals surface area contributed by atoms with E-state index in [-0.39, 0.29) is 0 Å². The summed E-state index contributed by atoms with van der Waals surface area (Å²) in [6, 6.07) is 2.74. The molecule has 13 heavy (non-hydrogen) atoms. The first kappa shape index (κ1) is 8.75. The van der Waals surface area contributed by atoms with Crippen molar-refractivity contribution in [1.29, 1.82) is 0 Å². The minimum atomic E-state index is 0.541. The monoisotopic (exact) mass is 179 g/mol. The molecule has 72 valence electrons. The molecule has 1 aliphatic rings. The van der Waals surface area contributed by atoms with Crippen molar-refractivity contribution in [3.05, 3.63) is 18.0 Å². The quantitative estimate of drug-likeness (QED) is 0.686. The van der Waals surface area contributed by atoms with E-state index in [2.05, 4.69) is 47.8 Å². The number of hydrogen-bond donors (Lipinski definition) is 0. The van der Waals surface area contributed by atoms with Gasteiger partial charge in [0, 0.05) is 19.3 Å². The molecule has 1 aromatic heterocycles. The first-order valence-electron chi connectivity index (χ1n) is 4.90. The number of nitrogens with zero attached hydrogens (tertiary/aromatic N) is 3. The lowest BCUT2D eigenvalue weighted by molar-refractivity contribution is 0.130. The van der Waals surface area contributed by atoms with Crippen LogP contribution in [0.25, 0.3) is 0 Å². The summed E-state index contributed by atoms with van der Waals surface area (Å²) in [5.41, 5.74) is 1.20. The maximum absolute atomic E-state index is 4.56. The van der Waals surface area contributed by atoms with Gasteiger partial charge >= 0.3 is 0 Å². The van der Waals surface area contributed by atoms with E-state index in [1.54, 1.807) is 0 Å². The molecule has 3 heteroatoms. The van der Waals surface area contributed by atoms with E-state index < -0.39 is 0 Å². The van der Waals surface area contributed by atoms with Gasteiger partial charge in [-0.2, -0.15) is 5.10 Å². The Morgan fingerprint density at radius 3 is 2.62 bits per heavy atom. The van der Waals surface area contributed by atoms with E-state index in [1.165, 1.54) is 5.69 Å². The van der Waals surface area contributed by atoms with E-state index in [0.29, 0.717) is 12.0 Å². The van der Waals surface area contributed by atoms with Gasteiger partial charge in [-0.25, -0.2) is 0 Å². The van der Waals surface area contributed by atoms with Gasteiger partial charge in [-0.3, -0.25) is 4.68 Å². The molecule has 0 aromatic carbocycles. The highest BCUT2D eigenvalue weighted by molar-refractivity contribution is 5.05. The fraction of sp³-hybridized carbons (Fsp3) is 0.700. The average molecular weight is 179 g/mol. The Morgan fingerprint density at radius 2 is 2.15 bits per heavy atom. The van der Waals surface area contributed by atoms with E-state index in [4.69, 9.17) is 0 Å². The van der Waals surface area contributed by atoms with Gasteiger partial charge in [-0.05, 0) is 19.0 Å². The molecule has 1 aliphatic heterocycles. The van der Waals surface area contributed by atoms with Crippen LogP contribution in [0, 0.1) is 0 Å². The summed E-state index contributed by atoms with van der Waals surface area (Å²) in [5.74, 6) is 0.541. The molecule has 0 saturated carbocycles. The average Bonchev–Trinajstić information content (AvgIpc) is 2.46. The molecule has 0 unspecified atom stereocenters. The Bertz CT molecular complexity index is 284. The van der Waals surface area contributed by atoms with Crippen LogP contribution in [0.4, 0.5) is 0 Å². The van der Waals surface area contributed by atoms with Gasteiger partial charge in [0.15, 0.2) is 0 Å². The van der Waals surface area contributed by atoms with E-state index >= 15 is 0 Å². The molecule has 0 spiro atoms. The number of likely N-dealkylation sites (tertiary alicyclic amines) is 1. The zero-order chi connectivity index (χ0) is 9.42. The molecule has 1 saturated heterocycles. The number of rotatable bonds is 2. The van der Waals surface area contributed by atoms with Gasteiger partial charge < -0.3 is 4.90 Å². The van der Waals surface area contributed by atoms with Gasteiger partial charge in [-0.15, -0.1) is 0 Å². The summed E-state index contributed by atoms with van der Waals surface area (Å²) < 4.78 is 2.11. The third-order valence-electron chi connectivity index (χ3n) is 2.64. The molecular weight excluding hydrogens is 162 g/mol. The number of hydrogen-bond acceptors (Lipinski definition) is 2. The number of aromatic nitrogens is 2. The van der Waals surface area contributed by atoms with Crippen LogP contribution in [0.2, 0.25) is 0 Å². The zero-order valence-corrected chi connectivity index (χ0v) is 8.57. The summed E-state index contributed by atoms with van der Waals surface area (Å²) in [4.78, 5) is 2.31. The van der Waals surface area contributed by atoms with Crippen molar-refractivity contribution in [3.63, 3.8) is 0 Å². The zero-order valence-electron chi connectivity index (χ0n) is 8.57. The second-order valence-corrected chi connectivity index (χ2v) is 4.25. The fourth-order valence-corrected chi connectivity index (χ4v) is 1.70. The standard InChI is InChI=1S/C10H17N3/c1-8(2)10-4-5-13(11-10)9-6-12(3)7-9/h4-5,8-9H,6-7H2,1-3H3. The highest BCUT2D eigenvalue weighted by Crippen LogP contribution is 2.20. The third kappa shape index (κ3) is 1.61. The molecule has 0 N–H and O–H groups in total. The van der Waals surface area contributed by atoms with Crippen molar-refractivity contribution in [2.45, 2.75) is 25.8 Å². The molecule has 2 heterocycles. The Kier molecular flexibility index (Phi) is 2.12. The first-order valence-corrected chi connectivity index (χ1v) is 4.90. The van der Waals surface area contributed by atoms with Gasteiger partial charge in [0.1, 0.15) is 0 Å². The molecule has 0 radical (unpaired) electrons. The van der Waals surface area contributed by atoms with Crippen molar-refractivity contribution in [2.24, 2.45) is 0 Å². The van der Waals surface area contributed by atoms with Crippen LogP contribution in [0.5, 0.6) is 0 Å². The lowest BCUT2D eigenvalue weighted by Crippen LogP contribution is -2.45. The van der Waals surface area contributed by atoms with Gasteiger partial charge in [0.25, 0.3) is 0 Å². The lowest BCUT2D eigenvalue weighted by Gasteiger charge is -2.36. The molecular formula is C10H17N3. The predicted octanol–water partition coefficient (Wildman–Crippen LogP) is 1.49. The SMILES string of the molecule is CC(C)c1ccn(C2CN(C)C2)n1. The molecule has 1 fully saturated rings. The van der Waals surface area contributed by atoms with Crippen molar-refractivity contribution in [2.75, 3.05) is 20.1 Å². The summed E-state index contributed by atoms with van der Waals surface area (Å²) >= 11 is 0. The normalized spacial score (nSPS) is 19.4. The summed E-state index contributed by atoms with van der Waals surface area (Å²) in [5, 5.41) is 4.56. The molecule has 0 bridgehead atoms. The Hall–Kier alpha value is -0.830. The van der Waals surface area contributed by atoms with Crippen LogP contribution in [-0.4, -0.2) is 34.8 Å². The van der Waals surface area contributed by atoms with Gasteiger partial charge in [-0.1, -0.05) is 13.8 Å². The second kappa shape index (κ2) is 3.14. The van der Waals surface area contributed by atoms with Crippen molar-refractivity contribution in [3.8, 4) is 0 Å². The minimum Gasteiger partial charge on any atom is -0.302 e. The van der Waals surface area contributed by atoms with E-state index in [9.17, 15) is 0 Å².